The highest BCUT2D eigenvalue weighted by atomic mass is 35.5. The van der Waals surface area contributed by atoms with Crippen molar-refractivity contribution in [2.24, 2.45) is 0 Å². The lowest BCUT2D eigenvalue weighted by Crippen LogP contribution is -2.66. The van der Waals surface area contributed by atoms with Crippen molar-refractivity contribution in [1.82, 2.24) is 0 Å². The zero-order chi connectivity index (χ0) is 14.2. The van der Waals surface area contributed by atoms with Crippen molar-refractivity contribution in [3.05, 3.63) is 0 Å². The van der Waals surface area contributed by atoms with Crippen LogP contribution in [0.15, 0.2) is 0 Å². The first-order chi connectivity index (χ1) is 9.20. The second-order valence-electron chi connectivity index (χ2n) is 5.05. The minimum absolute atomic E-state index is 0.194. The highest BCUT2D eigenvalue weighted by Crippen LogP contribution is 2.43. The zero-order valence-corrected chi connectivity index (χ0v) is 14.4. The first-order valence-corrected chi connectivity index (χ1v) is 10.2. The van der Waals surface area contributed by atoms with Crippen LogP contribution in [0.4, 0.5) is 0 Å². The molecule has 114 valence electrons. The first-order valence-electron chi connectivity index (χ1n) is 7.68. The summed E-state index contributed by atoms with van der Waals surface area (Å²) in [6, 6.07) is 1.05. The van der Waals surface area contributed by atoms with Crippen LogP contribution < -0.4 is 0 Å². The van der Waals surface area contributed by atoms with Crippen LogP contribution in [0.2, 0.25) is 6.04 Å². The van der Waals surface area contributed by atoms with Crippen molar-refractivity contribution < 1.29 is 13.6 Å². The Morgan fingerprint density at radius 3 is 2.26 bits per heavy atom. The molecule has 1 aliphatic rings. The van der Waals surface area contributed by atoms with Crippen LogP contribution in [-0.4, -0.2) is 39.5 Å². The maximum absolute atomic E-state index is 6.25. The van der Waals surface area contributed by atoms with Gasteiger partial charge >= 0.3 is 8.56 Å². The van der Waals surface area contributed by atoms with Gasteiger partial charge in [-0.25, -0.2) is 0 Å². The Hall–Kier alpha value is 0.387. The van der Waals surface area contributed by atoms with E-state index in [-0.39, 0.29) is 5.22 Å². The van der Waals surface area contributed by atoms with E-state index in [9.17, 15) is 0 Å². The van der Waals surface area contributed by atoms with Crippen LogP contribution in [0.5, 0.6) is 0 Å². The Morgan fingerprint density at radius 1 is 1.05 bits per heavy atom. The molecular weight excluding hydrogens is 280 g/mol. The molecule has 0 N–H and O–H groups in total. The fourth-order valence-corrected chi connectivity index (χ4v) is 7.92. The Morgan fingerprint density at radius 2 is 1.74 bits per heavy atom. The molecule has 1 fully saturated rings. The van der Waals surface area contributed by atoms with Crippen molar-refractivity contribution in [2.75, 3.05) is 25.7 Å². The molecule has 0 aromatic carbocycles. The zero-order valence-electron chi connectivity index (χ0n) is 12.7. The average Bonchev–Trinajstić information content (AvgIpc) is 2.40. The fraction of sp³-hybridized carbons (Fsp3) is 1.00. The van der Waals surface area contributed by atoms with Crippen molar-refractivity contribution in [1.29, 1.82) is 0 Å². The molecule has 3 nitrogen and oxygen atoms in total. The summed E-state index contributed by atoms with van der Waals surface area (Å²) >= 11 is 5.91. The summed E-state index contributed by atoms with van der Waals surface area (Å²) in [4.78, 5) is 0. The molecule has 1 atom stereocenters. The number of ether oxygens (including phenoxy) is 1. The topological polar surface area (TPSA) is 27.7 Å². The lowest BCUT2D eigenvalue weighted by Gasteiger charge is -2.49. The number of halogens is 1. The third-order valence-corrected chi connectivity index (χ3v) is 8.74. The predicted molar refractivity (Wildman–Crippen MR) is 82.0 cm³/mol. The van der Waals surface area contributed by atoms with Crippen LogP contribution in [0.25, 0.3) is 0 Å². The molecule has 1 heterocycles. The van der Waals surface area contributed by atoms with Gasteiger partial charge in [0.15, 0.2) is 0 Å². The van der Waals surface area contributed by atoms with E-state index in [1.54, 1.807) is 0 Å². The van der Waals surface area contributed by atoms with Crippen LogP contribution in [0.1, 0.15) is 52.9 Å². The summed E-state index contributed by atoms with van der Waals surface area (Å²) in [7, 11) is -2.30. The number of hydrogen-bond acceptors (Lipinski definition) is 3. The third kappa shape index (κ3) is 3.94. The molecule has 5 heteroatoms. The van der Waals surface area contributed by atoms with Gasteiger partial charge in [0, 0.05) is 25.7 Å². The van der Waals surface area contributed by atoms with Gasteiger partial charge in [-0.1, -0.05) is 12.8 Å². The summed E-state index contributed by atoms with van der Waals surface area (Å²) in [5, 5.41) is -0.194. The largest absolute Gasteiger partial charge is 0.393 e. The van der Waals surface area contributed by atoms with Crippen molar-refractivity contribution in [3.8, 4) is 0 Å². The van der Waals surface area contributed by atoms with E-state index in [0.717, 1.165) is 31.9 Å². The molecule has 1 aliphatic heterocycles. The van der Waals surface area contributed by atoms with E-state index in [1.165, 1.54) is 12.8 Å². The summed E-state index contributed by atoms with van der Waals surface area (Å²) in [6.45, 7) is 8.32. The molecule has 1 saturated heterocycles. The molecule has 0 aromatic heterocycles. The van der Waals surface area contributed by atoms with Crippen LogP contribution in [-0.2, 0) is 13.6 Å². The van der Waals surface area contributed by atoms with E-state index in [2.05, 4.69) is 20.8 Å². The minimum atomic E-state index is -2.30. The van der Waals surface area contributed by atoms with Gasteiger partial charge in [-0.05, 0) is 46.1 Å². The monoisotopic (exact) mass is 308 g/mol. The Balaban J connectivity index is 3.01. The van der Waals surface area contributed by atoms with Crippen LogP contribution >= 0.6 is 11.6 Å². The second kappa shape index (κ2) is 8.62. The maximum atomic E-state index is 6.25. The molecule has 0 saturated carbocycles. The van der Waals surface area contributed by atoms with E-state index < -0.39 is 8.56 Å². The van der Waals surface area contributed by atoms with Gasteiger partial charge in [0.05, 0.1) is 0 Å². The SMILES string of the molecule is CCOC1(CCCCl)CCCC[Si]1(OCC)OCC. The number of alkyl halides is 1. The standard InChI is InChI=1S/C14H29ClO3Si/c1-4-16-14(11-9-12-15)10-7-8-13-19(14,17-5-2)18-6-3/h4-13H2,1-3H3. The van der Waals surface area contributed by atoms with Crippen molar-refractivity contribution in [3.63, 3.8) is 0 Å². The highest BCUT2D eigenvalue weighted by Gasteiger charge is 2.59. The molecule has 0 radical (unpaired) electrons. The second-order valence-corrected chi connectivity index (χ2v) is 8.92. The van der Waals surface area contributed by atoms with E-state index in [0.29, 0.717) is 19.1 Å². The molecule has 0 bridgehead atoms. The smallest absolute Gasteiger partial charge is 0.371 e. The molecular formula is C14H29ClO3Si. The average molecular weight is 309 g/mol. The molecule has 0 spiro atoms. The van der Waals surface area contributed by atoms with E-state index >= 15 is 0 Å². The maximum Gasteiger partial charge on any atom is 0.371 e. The predicted octanol–water partition coefficient (Wildman–Crippen LogP) is 4.02. The van der Waals surface area contributed by atoms with E-state index in [1.807, 2.05) is 0 Å². The van der Waals surface area contributed by atoms with Crippen LogP contribution in [0, 0.1) is 0 Å². The molecule has 19 heavy (non-hydrogen) atoms. The van der Waals surface area contributed by atoms with Gasteiger partial charge in [0.1, 0.15) is 5.22 Å². The molecule has 1 unspecified atom stereocenters. The summed E-state index contributed by atoms with van der Waals surface area (Å²) in [6.07, 6.45) is 5.40. The fourth-order valence-electron chi connectivity index (χ4n) is 3.30. The molecule has 0 aromatic rings. The van der Waals surface area contributed by atoms with Gasteiger partial charge < -0.3 is 13.6 Å². The van der Waals surface area contributed by atoms with Crippen LogP contribution in [0.3, 0.4) is 0 Å². The Labute approximate surface area is 124 Å². The third-order valence-electron chi connectivity index (χ3n) is 3.92. The minimum Gasteiger partial charge on any atom is -0.393 e. The van der Waals surface area contributed by atoms with Gasteiger partial charge in [-0.3, -0.25) is 0 Å². The molecule has 0 aliphatic carbocycles. The molecule has 1 rings (SSSR count). The summed E-state index contributed by atoms with van der Waals surface area (Å²) in [5.74, 6) is 0.678. The van der Waals surface area contributed by atoms with Gasteiger partial charge in [-0.2, -0.15) is 0 Å². The highest BCUT2D eigenvalue weighted by molar-refractivity contribution is 6.70. The lowest BCUT2D eigenvalue weighted by molar-refractivity contribution is -0.0457. The van der Waals surface area contributed by atoms with Gasteiger partial charge in [0.25, 0.3) is 0 Å². The normalized spacial score (nSPS) is 26.5. The van der Waals surface area contributed by atoms with Gasteiger partial charge in [0.2, 0.25) is 0 Å². The van der Waals surface area contributed by atoms with Gasteiger partial charge in [-0.15, -0.1) is 11.6 Å². The molecule has 0 amide bonds. The van der Waals surface area contributed by atoms with Crippen molar-refractivity contribution >= 4 is 20.2 Å². The summed E-state index contributed by atoms with van der Waals surface area (Å²) in [5.41, 5.74) is 0. The summed E-state index contributed by atoms with van der Waals surface area (Å²) < 4.78 is 18.7. The lowest BCUT2D eigenvalue weighted by atomic mass is 10.1. The Kier molecular flexibility index (Phi) is 7.92. The quantitative estimate of drug-likeness (QED) is 0.475. The van der Waals surface area contributed by atoms with E-state index in [4.69, 9.17) is 25.2 Å². The van der Waals surface area contributed by atoms with Crippen molar-refractivity contribution in [2.45, 2.75) is 64.1 Å². The number of rotatable bonds is 9. The Bertz CT molecular complexity index is 237. The first kappa shape index (κ1) is 17.4. The number of hydrogen-bond donors (Lipinski definition) is 0.